The number of nitrogens with zero attached hydrogens (tertiary/aromatic N) is 4. The molecule has 1 amide bonds. The number of ether oxygens (including phenoxy) is 1. The van der Waals surface area contributed by atoms with Crippen molar-refractivity contribution in [3.8, 4) is 0 Å². The molecule has 5 rings (SSSR count). The predicted octanol–water partition coefficient (Wildman–Crippen LogP) is 4.06. The number of carbonyl (C=O) groups excluding carboxylic acids is 1. The minimum atomic E-state index is -0.208. The van der Waals surface area contributed by atoms with Gasteiger partial charge in [0.05, 0.1) is 22.7 Å². The van der Waals surface area contributed by atoms with Gasteiger partial charge in [-0.15, -0.1) is 0 Å². The number of hydrogen-bond donors (Lipinski definition) is 0. The first-order chi connectivity index (χ1) is 17.3. The third-order valence-corrected chi connectivity index (χ3v) is 7.70. The highest BCUT2D eigenvalue weighted by Crippen LogP contribution is 2.34. The first kappa shape index (κ1) is 24.7. The first-order valence-corrected chi connectivity index (χ1v) is 13.3. The topological polar surface area (TPSA) is 67.2 Å². The number of amides is 1. The molecule has 0 saturated carbocycles. The zero-order valence-corrected chi connectivity index (χ0v) is 22.1. The molecule has 2 aliphatic rings. The van der Waals surface area contributed by atoms with Crippen LogP contribution >= 0.6 is 24.0 Å². The highest BCUT2D eigenvalue weighted by Gasteiger charge is 2.33. The third-order valence-electron chi connectivity index (χ3n) is 6.32. The van der Waals surface area contributed by atoms with Crippen LogP contribution in [0.15, 0.2) is 58.4 Å². The number of carbonyl (C=O) groups is 1. The van der Waals surface area contributed by atoms with Crippen molar-refractivity contribution in [3.05, 3.63) is 80.6 Å². The van der Waals surface area contributed by atoms with Crippen molar-refractivity contribution in [2.24, 2.45) is 0 Å². The van der Waals surface area contributed by atoms with Crippen LogP contribution in [-0.2, 0) is 16.0 Å². The summed E-state index contributed by atoms with van der Waals surface area (Å²) in [7, 11) is 0. The predicted molar refractivity (Wildman–Crippen MR) is 148 cm³/mol. The lowest BCUT2D eigenvalue weighted by molar-refractivity contribution is -0.122. The van der Waals surface area contributed by atoms with Gasteiger partial charge in [-0.05, 0) is 50.5 Å². The Bertz CT molecular complexity index is 1410. The van der Waals surface area contributed by atoms with E-state index in [1.54, 1.807) is 21.6 Å². The van der Waals surface area contributed by atoms with Gasteiger partial charge >= 0.3 is 0 Å². The number of anilines is 1. The molecule has 2 aliphatic heterocycles. The Morgan fingerprint density at radius 1 is 1.11 bits per heavy atom. The van der Waals surface area contributed by atoms with Crippen molar-refractivity contribution < 1.29 is 9.53 Å². The molecule has 1 aromatic carbocycles. The summed E-state index contributed by atoms with van der Waals surface area (Å²) in [5.41, 5.74) is 2.84. The normalized spacial score (nSPS) is 21.7. The van der Waals surface area contributed by atoms with Crippen LogP contribution in [0.2, 0.25) is 0 Å². The quantitative estimate of drug-likeness (QED) is 0.371. The van der Waals surface area contributed by atoms with E-state index in [-0.39, 0.29) is 23.7 Å². The molecule has 2 unspecified atom stereocenters. The summed E-state index contributed by atoms with van der Waals surface area (Å²) < 4.78 is 7.95. The average molecular weight is 521 g/mol. The Balaban J connectivity index is 1.53. The first-order valence-electron chi connectivity index (χ1n) is 12.0. The fraction of sp³-hybridized carbons (Fsp3) is 0.333. The Morgan fingerprint density at radius 3 is 2.56 bits per heavy atom. The van der Waals surface area contributed by atoms with Gasteiger partial charge in [0.1, 0.15) is 15.8 Å². The molecule has 2 fully saturated rings. The van der Waals surface area contributed by atoms with Crippen LogP contribution in [0.3, 0.4) is 0 Å². The van der Waals surface area contributed by atoms with Crippen LogP contribution < -0.4 is 10.5 Å². The van der Waals surface area contributed by atoms with Gasteiger partial charge in [0.2, 0.25) is 0 Å². The number of rotatable bonds is 5. The van der Waals surface area contributed by atoms with E-state index in [4.69, 9.17) is 21.9 Å². The largest absolute Gasteiger partial charge is 0.372 e. The maximum absolute atomic E-state index is 13.7. The Hall–Kier alpha value is -3.01. The van der Waals surface area contributed by atoms with Crippen LogP contribution in [0.4, 0.5) is 5.82 Å². The molecule has 3 aromatic rings. The molecule has 7 nitrogen and oxygen atoms in total. The Labute approximate surface area is 219 Å². The van der Waals surface area contributed by atoms with Crippen LogP contribution in [-0.4, -0.2) is 56.4 Å². The van der Waals surface area contributed by atoms with Crippen molar-refractivity contribution in [2.45, 2.75) is 39.4 Å². The van der Waals surface area contributed by atoms with Crippen molar-refractivity contribution in [2.75, 3.05) is 24.5 Å². The van der Waals surface area contributed by atoms with E-state index in [2.05, 4.69) is 4.90 Å². The Morgan fingerprint density at radius 2 is 1.83 bits per heavy atom. The van der Waals surface area contributed by atoms with E-state index < -0.39 is 0 Å². The highest BCUT2D eigenvalue weighted by molar-refractivity contribution is 8.26. The molecule has 2 saturated heterocycles. The van der Waals surface area contributed by atoms with Gasteiger partial charge in [0, 0.05) is 25.8 Å². The molecule has 0 N–H and O–H groups in total. The monoisotopic (exact) mass is 520 g/mol. The van der Waals surface area contributed by atoms with Gasteiger partial charge in [-0.1, -0.05) is 60.4 Å². The summed E-state index contributed by atoms with van der Waals surface area (Å²) in [4.78, 5) is 36.1. The summed E-state index contributed by atoms with van der Waals surface area (Å²) in [5, 5.41) is 0. The van der Waals surface area contributed by atoms with Gasteiger partial charge in [-0.25, -0.2) is 4.98 Å². The summed E-state index contributed by atoms with van der Waals surface area (Å²) in [5.74, 6) is 0.393. The standard InChI is InChI=1S/C27H28N4O3S2/c1-17-9-10-23-28-24(29-15-18(2)34-19(3)16-29)21(25(32)31(23)14-17)13-22-26(33)30(27(35)36-22)12-11-20-7-5-4-6-8-20/h4-10,13-14,18-19H,11-12,15-16H2,1-3H3. The van der Waals surface area contributed by atoms with Crippen molar-refractivity contribution >= 4 is 51.7 Å². The van der Waals surface area contributed by atoms with Gasteiger partial charge in [-0.2, -0.15) is 0 Å². The summed E-state index contributed by atoms with van der Waals surface area (Å²) in [6.07, 6.45) is 4.15. The van der Waals surface area contributed by atoms with Crippen molar-refractivity contribution in [1.82, 2.24) is 14.3 Å². The van der Waals surface area contributed by atoms with Gasteiger partial charge in [0.15, 0.2) is 0 Å². The van der Waals surface area contributed by atoms with E-state index in [1.807, 2.05) is 63.2 Å². The second kappa shape index (κ2) is 10.2. The molecule has 0 spiro atoms. The molecule has 0 aliphatic carbocycles. The van der Waals surface area contributed by atoms with E-state index in [9.17, 15) is 9.59 Å². The molecule has 2 atom stereocenters. The molecule has 9 heteroatoms. The smallest absolute Gasteiger partial charge is 0.267 e. The molecular formula is C27H28N4O3S2. The maximum atomic E-state index is 13.7. The summed E-state index contributed by atoms with van der Waals surface area (Å²) in [6, 6.07) is 13.8. The van der Waals surface area contributed by atoms with Gasteiger partial charge < -0.3 is 9.64 Å². The molecule has 0 radical (unpaired) electrons. The third kappa shape index (κ3) is 4.96. The number of hydrogen-bond acceptors (Lipinski definition) is 7. The van der Waals surface area contributed by atoms with Crippen LogP contribution in [0.5, 0.6) is 0 Å². The second-order valence-corrected chi connectivity index (χ2v) is 11.0. The molecule has 0 bridgehead atoms. The van der Waals surface area contributed by atoms with Crippen LogP contribution in [0.1, 0.15) is 30.5 Å². The average Bonchev–Trinajstić information content (AvgIpc) is 3.11. The van der Waals surface area contributed by atoms with Crippen molar-refractivity contribution in [1.29, 1.82) is 0 Å². The number of thiocarbonyl (C=S) groups is 1. The number of fused-ring (bicyclic) bond motifs is 1. The summed E-state index contributed by atoms with van der Waals surface area (Å²) in [6.45, 7) is 7.67. The number of pyridine rings is 1. The lowest BCUT2D eigenvalue weighted by Gasteiger charge is -2.36. The van der Waals surface area contributed by atoms with Crippen LogP contribution in [0, 0.1) is 6.92 Å². The minimum absolute atomic E-state index is 0.00364. The molecular weight excluding hydrogens is 492 g/mol. The fourth-order valence-corrected chi connectivity index (χ4v) is 5.96. The second-order valence-electron chi connectivity index (χ2n) is 9.32. The SMILES string of the molecule is Cc1ccc2nc(N3CC(C)OC(C)C3)c(C=C3SC(=S)N(CCc4ccccc4)C3=O)c(=O)n2c1. The van der Waals surface area contributed by atoms with E-state index >= 15 is 0 Å². The van der Waals surface area contributed by atoms with Crippen LogP contribution in [0.25, 0.3) is 11.7 Å². The molecule has 36 heavy (non-hydrogen) atoms. The van der Waals surface area contributed by atoms with Gasteiger partial charge in [-0.3, -0.25) is 18.9 Å². The zero-order chi connectivity index (χ0) is 25.4. The number of aryl methyl sites for hydroxylation is 1. The molecule has 4 heterocycles. The van der Waals surface area contributed by atoms with E-state index in [0.29, 0.717) is 52.3 Å². The number of benzene rings is 1. The minimum Gasteiger partial charge on any atom is -0.372 e. The van der Waals surface area contributed by atoms with Gasteiger partial charge in [0.25, 0.3) is 11.5 Å². The number of thioether (sulfide) groups is 1. The molecule has 2 aromatic heterocycles. The number of aromatic nitrogens is 2. The van der Waals surface area contributed by atoms with E-state index in [1.165, 1.54) is 11.8 Å². The highest BCUT2D eigenvalue weighted by atomic mass is 32.2. The van der Waals surface area contributed by atoms with E-state index in [0.717, 1.165) is 11.1 Å². The number of morpholine rings is 1. The lowest BCUT2D eigenvalue weighted by Crippen LogP contribution is -2.46. The lowest BCUT2D eigenvalue weighted by atomic mass is 10.1. The maximum Gasteiger partial charge on any atom is 0.267 e. The van der Waals surface area contributed by atoms with Crippen molar-refractivity contribution in [3.63, 3.8) is 0 Å². The molecule has 186 valence electrons. The fourth-order valence-electron chi connectivity index (χ4n) is 4.67. The Kier molecular flexibility index (Phi) is 6.96. The summed E-state index contributed by atoms with van der Waals surface area (Å²) >= 11 is 6.78. The zero-order valence-electron chi connectivity index (χ0n) is 20.5.